The molecule has 0 atom stereocenters. The van der Waals surface area contributed by atoms with Crippen LogP contribution >= 0.6 is 0 Å². The van der Waals surface area contributed by atoms with Gasteiger partial charge < -0.3 is 0 Å². The van der Waals surface area contributed by atoms with Gasteiger partial charge in [0, 0.05) is 0 Å². The van der Waals surface area contributed by atoms with Crippen molar-refractivity contribution in [1.29, 1.82) is 0 Å². The molecule has 0 heterocycles. The molecule has 1 aromatic carbocycles. The summed E-state index contributed by atoms with van der Waals surface area (Å²) in [6, 6.07) is 8.28. The molecule has 1 aromatic rings. The molecule has 0 N–H and O–H groups in total. The van der Waals surface area contributed by atoms with Gasteiger partial charge in [0.1, 0.15) is 0 Å². The number of hydrogen-bond donors (Lipinski definition) is 0. The molecule has 0 aromatic heterocycles. The summed E-state index contributed by atoms with van der Waals surface area (Å²) in [5.74, 6) is -2.50. The Morgan fingerprint density at radius 3 is 1.79 bits per heavy atom. The summed E-state index contributed by atoms with van der Waals surface area (Å²) in [5, 5.41) is 0. The number of aryl methyl sites for hydroxylation is 1. The van der Waals surface area contributed by atoms with E-state index >= 15 is 0 Å². The first-order valence-corrected chi connectivity index (χ1v) is 4.40. The van der Waals surface area contributed by atoms with Crippen LogP contribution in [-0.2, 0) is 0 Å². The predicted octanol–water partition coefficient (Wildman–Crippen LogP) is 4.30. The van der Waals surface area contributed by atoms with E-state index in [1.54, 1.807) is 0 Å². The molecule has 0 saturated heterocycles. The van der Waals surface area contributed by atoms with Gasteiger partial charge in [-0.3, -0.25) is 0 Å². The fourth-order valence-corrected chi connectivity index (χ4v) is 0.703. The number of halogens is 2. The Morgan fingerprint density at radius 1 is 1.14 bits per heavy atom. The molecule has 0 saturated carbocycles. The molecule has 0 aliphatic carbocycles. The molecule has 0 aliphatic rings. The molecule has 78 valence electrons. The summed E-state index contributed by atoms with van der Waals surface area (Å²) in [5.41, 5.74) is 2.47. The first kappa shape index (κ1) is 12.8. The molecule has 1 rings (SSSR count). The van der Waals surface area contributed by atoms with Crippen LogP contribution in [0.1, 0.15) is 25.0 Å². The van der Waals surface area contributed by atoms with E-state index in [-0.39, 0.29) is 0 Å². The van der Waals surface area contributed by atoms with E-state index in [4.69, 9.17) is 0 Å². The molecule has 0 fully saturated rings. The van der Waals surface area contributed by atoms with E-state index in [1.165, 1.54) is 11.1 Å². The van der Waals surface area contributed by atoms with Crippen molar-refractivity contribution in [3.63, 3.8) is 0 Å². The van der Waals surface area contributed by atoms with E-state index in [0.717, 1.165) is 13.8 Å². The third-order valence-corrected chi connectivity index (χ3v) is 1.31. The minimum Gasteiger partial charge on any atom is -0.208 e. The van der Waals surface area contributed by atoms with Gasteiger partial charge in [-0.25, -0.2) is 8.78 Å². The van der Waals surface area contributed by atoms with Gasteiger partial charge in [0.2, 0.25) is 5.92 Å². The lowest BCUT2D eigenvalue weighted by Crippen LogP contribution is -1.98. The minimum absolute atomic E-state index is 0.854. The molecule has 2 heteroatoms. The van der Waals surface area contributed by atoms with Crippen LogP contribution in [0.5, 0.6) is 0 Å². The minimum atomic E-state index is -2.50. The fourth-order valence-electron chi connectivity index (χ4n) is 0.703. The van der Waals surface area contributed by atoms with E-state index in [1.807, 2.05) is 6.08 Å². The van der Waals surface area contributed by atoms with Gasteiger partial charge in [-0.05, 0) is 26.3 Å². The van der Waals surface area contributed by atoms with Crippen LogP contribution in [0.3, 0.4) is 0 Å². The van der Waals surface area contributed by atoms with Crippen molar-refractivity contribution in [3.8, 4) is 0 Å². The highest BCUT2D eigenvalue weighted by atomic mass is 19.3. The predicted molar refractivity (Wildman–Crippen MR) is 57.6 cm³/mol. The molecular weight excluding hydrogens is 182 g/mol. The largest absolute Gasteiger partial charge is 0.242 e. The number of hydrogen-bond acceptors (Lipinski definition) is 0. The molecule has 0 spiro atoms. The number of alkyl halides is 2. The summed E-state index contributed by atoms with van der Waals surface area (Å²) in [6.45, 7) is 7.45. The first-order chi connectivity index (χ1) is 6.33. The van der Waals surface area contributed by atoms with E-state index < -0.39 is 5.92 Å². The Hall–Kier alpha value is -1.18. The van der Waals surface area contributed by atoms with E-state index in [0.29, 0.717) is 0 Å². The third kappa shape index (κ3) is 8.91. The Labute approximate surface area is 84.3 Å². The molecule has 0 aliphatic heterocycles. The maximum atomic E-state index is 11.0. The Kier molecular flexibility index (Phi) is 5.06. The molecule has 0 bridgehead atoms. The topological polar surface area (TPSA) is 0 Å². The van der Waals surface area contributed by atoms with Crippen molar-refractivity contribution in [2.45, 2.75) is 26.7 Å². The van der Waals surface area contributed by atoms with Gasteiger partial charge in [-0.1, -0.05) is 42.5 Å². The fraction of sp³-hybridized carbons (Fsp3) is 0.333. The first-order valence-electron chi connectivity index (χ1n) is 4.40. The second-order valence-electron chi connectivity index (χ2n) is 3.44. The van der Waals surface area contributed by atoms with Gasteiger partial charge in [-0.2, -0.15) is 0 Å². The Morgan fingerprint density at radius 2 is 1.50 bits per heavy atom. The van der Waals surface area contributed by atoms with Crippen molar-refractivity contribution < 1.29 is 8.78 Å². The summed E-state index contributed by atoms with van der Waals surface area (Å²) >= 11 is 0. The van der Waals surface area contributed by atoms with Gasteiger partial charge in [0.15, 0.2) is 0 Å². The smallest absolute Gasteiger partial charge is 0.208 e. The summed E-state index contributed by atoms with van der Waals surface area (Å²) in [7, 11) is 0. The molecule has 0 amide bonds. The maximum absolute atomic E-state index is 11.0. The average Bonchev–Trinajstić information content (AvgIpc) is 2.03. The molecule has 0 unspecified atom stereocenters. The van der Waals surface area contributed by atoms with Crippen LogP contribution in [0.2, 0.25) is 0 Å². The quantitative estimate of drug-likeness (QED) is 0.631. The third-order valence-electron chi connectivity index (χ3n) is 1.31. The number of benzene rings is 1. The van der Waals surface area contributed by atoms with Crippen LogP contribution < -0.4 is 0 Å². The molecular formula is C12H16F2. The molecule has 14 heavy (non-hydrogen) atoms. The Balaban J connectivity index is 0.000000292. The Bertz CT molecular complexity index is 261. The zero-order chi connectivity index (χ0) is 11.2. The summed E-state index contributed by atoms with van der Waals surface area (Å²) < 4.78 is 22.0. The zero-order valence-corrected chi connectivity index (χ0v) is 8.85. The number of rotatable bonds is 1. The summed E-state index contributed by atoms with van der Waals surface area (Å²) in [6.07, 6.45) is 1.85. The molecule has 0 nitrogen and oxygen atoms in total. The lowest BCUT2D eigenvalue weighted by Gasteiger charge is -1.94. The van der Waals surface area contributed by atoms with Crippen LogP contribution in [0.15, 0.2) is 30.8 Å². The SMILES string of the molecule is C=Cc1ccc(C)cc1.CC(C)(F)F. The highest BCUT2D eigenvalue weighted by Gasteiger charge is 2.08. The van der Waals surface area contributed by atoms with Crippen LogP contribution in [0, 0.1) is 6.92 Å². The summed E-state index contributed by atoms with van der Waals surface area (Å²) in [4.78, 5) is 0. The van der Waals surface area contributed by atoms with Gasteiger partial charge in [0.25, 0.3) is 0 Å². The van der Waals surface area contributed by atoms with Crippen molar-refractivity contribution >= 4 is 6.08 Å². The lowest BCUT2D eigenvalue weighted by atomic mass is 10.2. The van der Waals surface area contributed by atoms with Crippen LogP contribution in [-0.4, -0.2) is 5.92 Å². The van der Waals surface area contributed by atoms with Crippen LogP contribution in [0.25, 0.3) is 6.08 Å². The standard InChI is InChI=1S/C9H10.C3H6F2/c1-3-9-6-4-8(2)5-7-9;1-3(2,4)5/h3-7H,1H2,2H3;1-2H3. The van der Waals surface area contributed by atoms with Gasteiger partial charge in [-0.15, -0.1) is 0 Å². The second-order valence-corrected chi connectivity index (χ2v) is 3.44. The zero-order valence-electron chi connectivity index (χ0n) is 8.85. The van der Waals surface area contributed by atoms with E-state index in [2.05, 4.69) is 37.8 Å². The van der Waals surface area contributed by atoms with Gasteiger partial charge >= 0.3 is 0 Å². The highest BCUT2D eigenvalue weighted by Crippen LogP contribution is 2.06. The van der Waals surface area contributed by atoms with Gasteiger partial charge in [0.05, 0.1) is 0 Å². The van der Waals surface area contributed by atoms with Crippen molar-refractivity contribution in [1.82, 2.24) is 0 Å². The highest BCUT2D eigenvalue weighted by molar-refractivity contribution is 5.46. The maximum Gasteiger partial charge on any atom is 0.242 e. The second kappa shape index (κ2) is 5.53. The monoisotopic (exact) mass is 198 g/mol. The molecule has 0 radical (unpaired) electrons. The van der Waals surface area contributed by atoms with E-state index in [9.17, 15) is 8.78 Å². The van der Waals surface area contributed by atoms with Crippen molar-refractivity contribution in [3.05, 3.63) is 42.0 Å². The lowest BCUT2D eigenvalue weighted by molar-refractivity contribution is 0.0437. The van der Waals surface area contributed by atoms with Crippen molar-refractivity contribution in [2.24, 2.45) is 0 Å². The normalized spacial score (nSPS) is 10.1. The van der Waals surface area contributed by atoms with Crippen molar-refractivity contribution in [2.75, 3.05) is 0 Å². The van der Waals surface area contributed by atoms with Crippen LogP contribution in [0.4, 0.5) is 8.78 Å². The average molecular weight is 198 g/mol.